The first-order chi connectivity index (χ1) is 8.77. The zero-order valence-electron chi connectivity index (χ0n) is 11.3. The van der Waals surface area contributed by atoms with Crippen LogP contribution in [0.25, 0.3) is 0 Å². The van der Waals surface area contributed by atoms with Crippen molar-refractivity contribution in [2.75, 3.05) is 6.54 Å². The van der Waals surface area contributed by atoms with Crippen LogP contribution in [0.15, 0.2) is 24.3 Å². The molecule has 100 valence electrons. The molecule has 0 aliphatic heterocycles. The summed E-state index contributed by atoms with van der Waals surface area (Å²) in [4.78, 5) is 0. The van der Waals surface area contributed by atoms with E-state index in [9.17, 15) is 4.39 Å². The Morgan fingerprint density at radius 2 is 1.94 bits per heavy atom. The summed E-state index contributed by atoms with van der Waals surface area (Å²) in [5.74, 6) is 0.786. The summed E-state index contributed by atoms with van der Waals surface area (Å²) in [6.07, 6.45) is 8.21. The molecule has 1 aromatic carbocycles. The second-order valence-corrected chi connectivity index (χ2v) is 5.49. The summed E-state index contributed by atoms with van der Waals surface area (Å²) >= 11 is 0. The van der Waals surface area contributed by atoms with Crippen molar-refractivity contribution in [2.45, 2.75) is 51.5 Å². The van der Waals surface area contributed by atoms with Gasteiger partial charge in [-0.15, -0.1) is 0 Å². The Bertz CT molecular complexity index is 358. The maximum absolute atomic E-state index is 13.6. The van der Waals surface area contributed by atoms with E-state index in [1.54, 1.807) is 6.07 Å². The lowest BCUT2D eigenvalue weighted by Crippen LogP contribution is -2.23. The molecule has 1 fully saturated rings. The fourth-order valence-electron chi connectivity index (χ4n) is 2.92. The first kappa shape index (κ1) is 13.5. The molecule has 18 heavy (non-hydrogen) atoms. The van der Waals surface area contributed by atoms with Gasteiger partial charge in [-0.1, -0.05) is 50.3 Å². The van der Waals surface area contributed by atoms with Crippen molar-refractivity contribution in [2.24, 2.45) is 5.92 Å². The number of halogens is 1. The van der Waals surface area contributed by atoms with Crippen molar-refractivity contribution in [3.05, 3.63) is 35.6 Å². The topological polar surface area (TPSA) is 12.0 Å². The van der Waals surface area contributed by atoms with Crippen molar-refractivity contribution in [1.82, 2.24) is 5.32 Å². The normalized spacial score (nSPS) is 18.8. The number of rotatable bonds is 5. The Balaban J connectivity index is 1.74. The van der Waals surface area contributed by atoms with Crippen molar-refractivity contribution < 1.29 is 4.39 Å². The van der Waals surface area contributed by atoms with Crippen molar-refractivity contribution in [3.8, 4) is 0 Å². The van der Waals surface area contributed by atoms with Gasteiger partial charge in [0.15, 0.2) is 0 Å². The van der Waals surface area contributed by atoms with Crippen LogP contribution in [0.5, 0.6) is 0 Å². The molecule has 1 aromatic rings. The lowest BCUT2D eigenvalue weighted by molar-refractivity contribution is 0.329. The third kappa shape index (κ3) is 3.81. The third-order valence-electron chi connectivity index (χ3n) is 4.10. The van der Waals surface area contributed by atoms with Crippen LogP contribution in [0, 0.1) is 11.7 Å². The average Bonchev–Trinajstić information content (AvgIpc) is 2.40. The number of nitrogens with one attached hydrogen (secondary N) is 1. The van der Waals surface area contributed by atoms with Crippen molar-refractivity contribution in [3.63, 3.8) is 0 Å². The molecule has 1 saturated carbocycles. The van der Waals surface area contributed by atoms with Crippen LogP contribution in [-0.4, -0.2) is 6.54 Å². The van der Waals surface area contributed by atoms with Gasteiger partial charge in [0.2, 0.25) is 0 Å². The molecular formula is C16H24FN. The second kappa shape index (κ2) is 6.89. The van der Waals surface area contributed by atoms with Gasteiger partial charge in [0, 0.05) is 11.6 Å². The maximum Gasteiger partial charge on any atom is 0.127 e. The molecule has 2 rings (SSSR count). The molecule has 0 radical (unpaired) electrons. The van der Waals surface area contributed by atoms with Gasteiger partial charge in [0.1, 0.15) is 5.82 Å². The fraction of sp³-hybridized carbons (Fsp3) is 0.625. The molecule has 0 heterocycles. The van der Waals surface area contributed by atoms with E-state index < -0.39 is 0 Å². The monoisotopic (exact) mass is 249 g/mol. The Hall–Kier alpha value is -0.890. The molecule has 1 N–H and O–H groups in total. The Morgan fingerprint density at radius 1 is 1.22 bits per heavy atom. The first-order valence-electron chi connectivity index (χ1n) is 7.25. The van der Waals surface area contributed by atoms with E-state index >= 15 is 0 Å². The van der Waals surface area contributed by atoms with Crippen LogP contribution in [0.1, 0.15) is 57.1 Å². The molecule has 1 aliphatic rings. The van der Waals surface area contributed by atoms with Crippen LogP contribution in [0.2, 0.25) is 0 Å². The summed E-state index contributed by atoms with van der Waals surface area (Å²) in [6, 6.07) is 7.16. The lowest BCUT2D eigenvalue weighted by Gasteiger charge is -2.22. The van der Waals surface area contributed by atoms with Gasteiger partial charge in [-0.2, -0.15) is 0 Å². The number of hydrogen-bond acceptors (Lipinski definition) is 1. The average molecular weight is 249 g/mol. The van der Waals surface area contributed by atoms with Crippen LogP contribution in [-0.2, 0) is 0 Å². The highest BCUT2D eigenvalue weighted by atomic mass is 19.1. The van der Waals surface area contributed by atoms with Gasteiger partial charge in [-0.05, 0) is 31.9 Å². The minimum absolute atomic E-state index is 0.102. The van der Waals surface area contributed by atoms with Crippen LogP contribution >= 0.6 is 0 Å². The highest BCUT2D eigenvalue weighted by Gasteiger charge is 2.14. The summed E-state index contributed by atoms with van der Waals surface area (Å²) in [7, 11) is 0. The van der Waals surface area contributed by atoms with Crippen LogP contribution in [0.3, 0.4) is 0 Å². The molecule has 2 heteroatoms. The molecule has 1 aliphatic carbocycles. The summed E-state index contributed by atoms with van der Waals surface area (Å²) < 4.78 is 13.6. The van der Waals surface area contributed by atoms with E-state index in [0.29, 0.717) is 0 Å². The minimum atomic E-state index is -0.102. The van der Waals surface area contributed by atoms with E-state index in [0.717, 1.165) is 18.0 Å². The molecule has 0 spiro atoms. The largest absolute Gasteiger partial charge is 0.310 e. The molecule has 1 atom stereocenters. The predicted molar refractivity (Wildman–Crippen MR) is 74.0 cm³/mol. The fourth-order valence-corrected chi connectivity index (χ4v) is 2.92. The van der Waals surface area contributed by atoms with Crippen LogP contribution < -0.4 is 5.32 Å². The third-order valence-corrected chi connectivity index (χ3v) is 4.10. The minimum Gasteiger partial charge on any atom is -0.310 e. The summed E-state index contributed by atoms with van der Waals surface area (Å²) in [6.45, 7) is 3.04. The molecule has 0 amide bonds. The van der Waals surface area contributed by atoms with Gasteiger partial charge in [-0.25, -0.2) is 4.39 Å². The standard InChI is InChI=1S/C16H24FN/c1-13(15-9-5-6-10-16(15)17)18-12-11-14-7-3-2-4-8-14/h5-6,9-10,13-14,18H,2-4,7-8,11-12H2,1H3/t13-/m1/s1. The molecular weight excluding hydrogens is 225 g/mol. The molecule has 0 bridgehead atoms. The van der Waals surface area contributed by atoms with E-state index in [2.05, 4.69) is 5.32 Å². The predicted octanol–water partition coefficient (Wildman–Crippen LogP) is 4.45. The van der Waals surface area contributed by atoms with Crippen molar-refractivity contribution >= 4 is 0 Å². The molecule has 1 nitrogen and oxygen atoms in total. The number of benzene rings is 1. The lowest BCUT2D eigenvalue weighted by atomic mass is 9.87. The smallest absolute Gasteiger partial charge is 0.127 e. The molecule has 0 unspecified atom stereocenters. The SMILES string of the molecule is C[C@@H](NCCC1CCCCC1)c1ccccc1F. The van der Waals surface area contributed by atoms with Gasteiger partial charge < -0.3 is 5.32 Å². The van der Waals surface area contributed by atoms with Crippen LogP contribution in [0.4, 0.5) is 4.39 Å². The van der Waals surface area contributed by atoms with Gasteiger partial charge in [0.25, 0.3) is 0 Å². The Morgan fingerprint density at radius 3 is 2.67 bits per heavy atom. The Labute approximate surface area is 110 Å². The summed E-state index contributed by atoms with van der Waals surface area (Å²) in [5.41, 5.74) is 0.779. The molecule has 0 saturated heterocycles. The van der Waals surface area contributed by atoms with E-state index in [4.69, 9.17) is 0 Å². The highest BCUT2D eigenvalue weighted by molar-refractivity contribution is 5.20. The van der Waals surface area contributed by atoms with Gasteiger partial charge in [0.05, 0.1) is 0 Å². The zero-order valence-corrected chi connectivity index (χ0v) is 11.3. The first-order valence-corrected chi connectivity index (χ1v) is 7.25. The quantitative estimate of drug-likeness (QED) is 0.813. The second-order valence-electron chi connectivity index (χ2n) is 5.49. The van der Waals surface area contributed by atoms with Gasteiger partial charge >= 0.3 is 0 Å². The summed E-state index contributed by atoms with van der Waals surface area (Å²) in [5, 5.41) is 3.45. The van der Waals surface area contributed by atoms with E-state index in [-0.39, 0.29) is 11.9 Å². The van der Waals surface area contributed by atoms with Gasteiger partial charge in [-0.3, -0.25) is 0 Å². The van der Waals surface area contributed by atoms with Crippen molar-refractivity contribution in [1.29, 1.82) is 0 Å². The zero-order chi connectivity index (χ0) is 12.8. The van der Waals surface area contributed by atoms with E-state index in [1.807, 2.05) is 19.1 Å². The number of hydrogen-bond donors (Lipinski definition) is 1. The van der Waals surface area contributed by atoms with E-state index in [1.165, 1.54) is 44.6 Å². The maximum atomic E-state index is 13.6. The molecule has 0 aromatic heterocycles. The Kier molecular flexibility index (Phi) is 5.18. The highest BCUT2D eigenvalue weighted by Crippen LogP contribution is 2.26.